The maximum atomic E-state index is 12.4. The van der Waals surface area contributed by atoms with Gasteiger partial charge in [0.1, 0.15) is 13.2 Å². The zero-order valence-electron chi connectivity index (χ0n) is 9.76. The zero-order chi connectivity index (χ0) is 12.4. The molecule has 0 spiro atoms. The van der Waals surface area contributed by atoms with Crippen molar-refractivity contribution in [1.82, 2.24) is 0 Å². The van der Waals surface area contributed by atoms with E-state index in [1.165, 1.54) is 0 Å². The van der Waals surface area contributed by atoms with Crippen molar-refractivity contribution in [3.63, 3.8) is 0 Å². The number of fused-ring (bicyclic) bond motifs is 1. The molecule has 18 heavy (non-hydrogen) atoms. The van der Waals surface area contributed by atoms with Crippen LogP contribution in [0.1, 0.15) is 15.9 Å². The maximum absolute atomic E-state index is 12.4. The molecule has 90 valence electrons. The normalized spacial score (nSPS) is 13.1. The lowest BCUT2D eigenvalue weighted by atomic mass is 10.0. The van der Waals surface area contributed by atoms with Crippen LogP contribution in [0.4, 0.5) is 0 Å². The van der Waals surface area contributed by atoms with E-state index in [0.717, 1.165) is 0 Å². The third-order valence-corrected chi connectivity index (χ3v) is 2.85. The Morgan fingerprint density at radius 1 is 0.889 bits per heavy atom. The Labute approximate surface area is 105 Å². The summed E-state index contributed by atoms with van der Waals surface area (Å²) < 4.78 is 11.0. The molecule has 0 aliphatic carbocycles. The van der Waals surface area contributed by atoms with Gasteiger partial charge in [0.05, 0.1) is 5.56 Å². The van der Waals surface area contributed by atoms with E-state index >= 15 is 0 Å². The number of para-hydroxylation sites is 1. The molecule has 0 atom stereocenters. The molecule has 1 aliphatic rings. The molecule has 0 radical (unpaired) electrons. The summed E-state index contributed by atoms with van der Waals surface area (Å²) in [5, 5.41) is 0. The first-order chi connectivity index (χ1) is 8.86. The van der Waals surface area contributed by atoms with Crippen LogP contribution in [0.3, 0.4) is 0 Å². The Kier molecular flexibility index (Phi) is 2.73. The third kappa shape index (κ3) is 1.84. The maximum Gasteiger partial charge on any atom is 0.196 e. The molecule has 0 bridgehead atoms. The van der Waals surface area contributed by atoms with Crippen molar-refractivity contribution in [2.75, 3.05) is 13.2 Å². The topological polar surface area (TPSA) is 35.5 Å². The van der Waals surface area contributed by atoms with E-state index in [2.05, 4.69) is 0 Å². The summed E-state index contributed by atoms with van der Waals surface area (Å²) in [6, 6.07) is 14.6. The second kappa shape index (κ2) is 4.53. The van der Waals surface area contributed by atoms with Gasteiger partial charge in [-0.2, -0.15) is 0 Å². The molecule has 0 amide bonds. The van der Waals surface area contributed by atoms with E-state index in [0.29, 0.717) is 35.8 Å². The second-order valence-electron chi connectivity index (χ2n) is 4.02. The Bertz CT molecular complexity index is 576. The lowest BCUT2D eigenvalue weighted by Crippen LogP contribution is -2.18. The van der Waals surface area contributed by atoms with Crippen LogP contribution in [0.5, 0.6) is 11.5 Å². The summed E-state index contributed by atoms with van der Waals surface area (Å²) in [5.74, 6) is 1.15. The summed E-state index contributed by atoms with van der Waals surface area (Å²) in [6.07, 6.45) is 0. The lowest BCUT2D eigenvalue weighted by Gasteiger charge is -2.20. The lowest BCUT2D eigenvalue weighted by molar-refractivity contribution is 0.102. The minimum absolute atomic E-state index is 0.0436. The predicted molar refractivity (Wildman–Crippen MR) is 67.3 cm³/mol. The highest BCUT2D eigenvalue weighted by Gasteiger charge is 2.20. The summed E-state index contributed by atoms with van der Waals surface area (Å²) in [5.41, 5.74) is 1.21. The van der Waals surface area contributed by atoms with Gasteiger partial charge in [-0.3, -0.25) is 4.79 Å². The van der Waals surface area contributed by atoms with Crippen molar-refractivity contribution < 1.29 is 14.3 Å². The molecular weight excluding hydrogens is 228 g/mol. The van der Waals surface area contributed by atoms with Gasteiger partial charge in [0.25, 0.3) is 0 Å². The number of hydrogen-bond acceptors (Lipinski definition) is 3. The van der Waals surface area contributed by atoms with E-state index in [-0.39, 0.29) is 5.78 Å². The first-order valence-corrected chi connectivity index (χ1v) is 5.84. The molecule has 1 aliphatic heterocycles. The number of carbonyl (C=O) groups excluding carboxylic acids is 1. The third-order valence-electron chi connectivity index (χ3n) is 2.85. The molecule has 3 heteroatoms. The van der Waals surface area contributed by atoms with Crippen molar-refractivity contribution in [2.45, 2.75) is 0 Å². The Morgan fingerprint density at radius 3 is 2.50 bits per heavy atom. The van der Waals surface area contributed by atoms with Crippen molar-refractivity contribution in [3.8, 4) is 11.5 Å². The van der Waals surface area contributed by atoms with Crippen LogP contribution in [0.2, 0.25) is 0 Å². The summed E-state index contributed by atoms with van der Waals surface area (Å²) in [6.45, 7) is 1.00. The highest BCUT2D eigenvalue weighted by atomic mass is 16.6. The van der Waals surface area contributed by atoms with Crippen molar-refractivity contribution in [3.05, 3.63) is 59.7 Å². The molecule has 0 fully saturated rings. The quantitative estimate of drug-likeness (QED) is 0.757. The largest absolute Gasteiger partial charge is 0.486 e. The molecule has 3 nitrogen and oxygen atoms in total. The van der Waals surface area contributed by atoms with Gasteiger partial charge in [0.15, 0.2) is 17.3 Å². The summed E-state index contributed by atoms with van der Waals surface area (Å²) in [7, 11) is 0. The van der Waals surface area contributed by atoms with Gasteiger partial charge in [-0.25, -0.2) is 0 Å². The number of ketones is 1. The second-order valence-corrected chi connectivity index (χ2v) is 4.02. The Hall–Kier alpha value is -2.29. The van der Waals surface area contributed by atoms with Gasteiger partial charge < -0.3 is 9.47 Å². The molecule has 1 heterocycles. The fraction of sp³-hybridized carbons (Fsp3) is 0.133. The molecule has 2 aromatic carbocycles. The number of hydrogen-bond donors (Lipinski definition) is 0. The zero-order valence-corrected chi connectivity index (χ0v) is 9.76. The fourth-order valence-corrected chi connectivity index (χ4v) is 2.00. The van der Waals surface area contributed by atoms with E-state index in [4.69, 9.17) is 9.47 Å². The first kappa shape index (κ1) is 10.8. The van der Waals surface area contributed by atoms with Crippen LogP contribution in [0.15, 0.2) is 48.5 Å². The summed E-state index contributed by atoms with van der Waals surface area (Å²) in [4.78, 5) is 12.4. The average Bonchev–Trinajstić information content (AvgIpc) is 2.47. The molecular formula is C15H12O3. The molecule has 0 unspecified atom stereocenters. The van der Waals surface area contributed by atoms with Gasteiger partial charge >= 0.3 is 0 Å². The Morgan fingerprint density at radius 2 is 1.67 bits per heavy atom. The molecule has 0 saturated carbocycles. The number of carbonyl (C=O) groups is 1. The number of ether oxygens (including phenoxy) is 2. The minimum Gasteiger partial charge on any atom is -0.486 e. The summed E-state index contributed by atoms with van der Waals surface area (Å²) >= 11 is 0. The Balaban J connectivity index is 2.05. The molecule has 0 aromatic heterocycles. The van der Waals surface area contributed by atoms with E-state index < -0.39 is 0 Å². The molecule has 0 N–H and O–H groups in total. The number of benzene rings is 2. The van der Waals surface area contributed by atoms with Crippen molar-refractivity contribution >= 4 is 5.78 Å². The smallest absolute Gasteiger partial charge is 0.196 e. The van der Waals surface area contributed by atoms with Crippen LogP contribution in [0.25, 0.3) is 0 Å². The van der Waals surface area contributed by atoms with Crippen molar-refractivity contribution in [2.24, 2.45) is 0 Å². The van der Waals surface area contributed by atoms with Crippen LogP contribution in [0, 0.1) is 0 Å². The molecule has 3 rings (SSSR count). The highest BCUT2D eigenvalue weighted by molar-refractivity contribution is 6.11. The van der Waals surface area contributed by atoms with Gasteiger partial charge in [0, 0.05) is 5.56 Å². The van der Waals surface area contributed by atoms with E-state index in [9.17, 15) is 4.79 Å². The first-order valence-electron chi connectivity index (χ1n) is 5.84. The highest BCUT2D eigenvalue weighted by Crippen LogP contribution is 2.34. The van der Waals surface area contributed by atoms with Crippen LogP contribution in [-0.4, -0.2) is 19.0 Å². The SMILES string of the molecule is O=C(c1ccccc1)c1cccc2c1OCCO2. The van der Waals surface area contributed by atoms with Gasteiger partial charge in [0.2, 0.25) is 0 Å². The van der Waals surface area contributed by atoms with Gasteiger partial charge in [-0.15, -0.1) is 0 Å². The fourth-order valence-electron chi connectivity index (χ4n) is 2.00. The monoisotopic (exact) mass is 240 g/mol. The predicted octanol–water partition coefficient (Wildman–Crippen LogP) is 2.69. The minimum atomic E-state index is -0.0436. The van der Waals surface area contributed by atoms with Gasteiger partial charge in [-0.05, 0) is 12.1 Å². The van der Waals surface area contributed by atoms with Crippen LogP contribution in [-0.2, 0) is 0 Å². The van der Waals surface area contributed by atoms with Crippen molar-refractivity contribution in [1.29, 1.82) is 0 Å². The number of rotatable bonds is 2. The van der Waals surface area contributed by atoms with E-state index in [1.54, 1.807) is 18.2 Å². The molecule has 2 aromatic rings. The molecule has 0 saturated heterocycles. The average molecular weight is 240 g/mol. The van der Waals surface area contributed by atoms with Crippen LogP contribution < -0.4 is 9.47 Å². The van der Waals surface area contributed by atoms with E-state index in [1.807, 2.05) is 30.3 Å². The standard InChI is InChI=1S/C15H12O3/c16-14(11-5-2-1-3-6-11)12-7-4-8-13-15(12)18-10-9-17-13/h1-8H,9-10H2. The van der Waals surface area contributed by atoms with Gasteiger partial charge in [-0.1, -0.05) is 36.4 Å². The van der Waals surface area contributed by atoms with Crippen LogP contribution >= 0.6 is 0 Å².